The molecule has 1 aromatic carbocycles. The van der Waals surface area contributed by atoms with E-state index in [-0.39, 0.29) is 11.1 Å². The summed E-state index contributed by atoms with van der Waals surface area (Å²) < 4.78 is 6.86. The molecule has 1 aliphatic rings. The van der Waals surface area contributed by atoms with Crippen molar-refractivity contribution in [3.8, 4) is 0 Å². The maximum absolute atomic E-state index is 6.01. The average Bonchev–Trinajstić information content (AvgIpc) is 2.31. The third kappa shape index (κ3) is 3.25. The van der Waals surface area contributed by atoms with Crippen LogP contribution >= 0.6 is 15.9 Å². The minimum Gasteiger partial charge on any atom is -0.378 e. The molecule has 1 fully saturated rings. The van der Waals surface area contributed by atoms with Crippen LogP contribution in [0, 0.1) is 0 Å². The molecule has 0 amide bonds. The van der Waals surface area contributed by atoms with Gasteiger partial charge in [-0.25, -0.2) is 0 Å². The van der Waals surface area contributed by atoms with Gasteiger partial charge in [0.2, 0.25) is 0 Å². The zero-order valence-corrected chi connectivity index (χ0v) is 12.6. The number of anilines is 1. The summed E-state index contributed by atoms with van der Waals surface area (Å²) in [6, 6.07) is 8.22. The minimum absolute atomic E-state index is 0.0599. The molecule has 1 unspecified atom stereocenters. The number of nitrogens with two attached hydrogens (primary N) is 1. The van der Waals surface area contributed by atoms with Crippen LogP contribution in [0.15, 0.2) is 28.7 Å². The summed E-state index contributed by atoms with van der Waals surface area (Å²) in [4.78, 5) is 0. The summed E-state index contributed by atoms with van der Waals surface area (Å²) in [5.41, 5.74) is 6.95. The lowest BCUT2D eigenvalue weighted by atomic mass is 9.81. The van der Waals surface area contributed by atoms with E-state index in [0.717, 1.165) is 29.6 Å². The standard InChI is InChI=1S/C14H21BrN2O/c1-13(2)9-14(10-16,7-8-18-13)17-12-5-3-11(15)4-6-12/h3-6,17H,7-10,16H2,1-2H3. The van der Waals surface area contributed by atoms with Gasteiger partial charge in [0.25, 0.3) is 0 Å². The first-order chi connectivity index (χ1) is 8.45. The number of rotatable bonds is 3. The molecule has 1 heterocycles. The van der Waals surface area contributed by atoms with Crippen molar-refractivity contribution in [2.45, 2.75) is 37.8 Å². The lowest BCUT2D eigenvalue weighted by Gasteiger charge is -2.45. The second-order valence-electron chi connectivity index (χ2n) is 5.65. The molecule has 0 spiro atoms. The Labute approximate surface area is 117 Å². The number of halogens is 1. The Morgan fingerprint density at radius 3 is 2.56 bits per heavy atom. The second-order valence-corrected chi connectivity index (χ2v) is 6.57. The van der Waals surface area contributed by atoms with Gasteiger partial charge in [-0.15, -0.1) is 0 Å². The fourth-order valence-corrected chi connectivity index (χ4v) is 2.91. The van der Waals surface area contributed by atoms with Crippen LogP contribution in [0.2, 0.25) is 0 Å². The van der Waals surface area contributed by atoms with Crippen LogP contribution < -0.4 is 11.1 Å². The Morgan fingerprint density at radius 2 is 2.00 bits per heavy atom. The molecule has 3 nitrogen and oxygen atoms in total. The van der Waals surface area contributed by atoms with E-state index in [1.54, 1.807) is 0 Å². The van der Waals surface area contributed by atoms with Gasteiger partial charge in [-0.1, -0.05) is 15.9 Å². The van der Waals surface area contributed by atoms with Crippen LogP contribution in [0.1, 0.15) is 26.7 Å². The lowest BCUT2D eigenvalue weighted by Crippen LogP contribution is -2.55. The molecule has 1 aromatic rings. The molecule has 18 heavy (non-hydrogen) atoms. The molecule has 2 rings (SSSR count). The van der Waals surface area contributed by atoms with E-state index in [2.05, 4.69) is 47.2 Å². The van der Waals surface area contributed by atoms with Crippen LogP contribution in [-0.4, -0.2) is 24.3 Å². The van der Waals surface area contributed by atoms with Gasteiger partial charge >= 0.3 is 0 Å². The predicted molar refractivity (Wildman–Crippen MR) is 78.8 cm³/mol. The van der Waals surface area contributed by atoms with Gasteiger partial charge in [-0.3, -0.25) is 0 Å². The lowest BCUT2D eigenvalue weighted by molar-refractivity contribution is -0.0736. The molecule has 0 aromatic heterocycles. The predicted octanol–water partition coefficient (Wildman–Crippen LogP) is 3.15. The van der Waals surface area contributed by atoms with Crippen LogP contribution in [0.3, 0.4) is 0 Å². The van der Waals surface area contributed by atoms with E-state index in [0.29, 0.717) is 6.54 Å². The van der Waals surface area contributed by atoms with Crippen molar-refractivity contribution < 1.29 is 4.74 Å². The molecule has 1 saturated heterocycles. The molecule has 1 aliphatic heterocycles. The monoisotopic (exact) mass is 312 g/mol. The zero-order chi connectivity index (χ0) is 13.2. The Hall–Kier alpha value is -0.580. The second kappa shape index (κ2) is 5.19. The van der Waals surface area contributed by atoms with Gasteiger partial charge in [-0.05, 0) is 44.5 Å². The van der Waals surface area contributed by atoms with Crippen molar-refractivity contribution in [2.24, 2.45) is 5.73 Å². The number of hydrogen-bond donors (Lipinski definition) is 2. The highest BCUT2D eigenvalue weighted by molar-refractivity contribution is 9.10. The number of hydrogen-bond acceptors (Lipinski definition) is 3. The fraction of sp³-hybridized carbons (Fsp3) is 0.571. The average molecular weight is 313 g/mol. The molecular weight excluding hydrogens is 292 g/mol. The van der Waals surface area contributed by atoms with E-state index in [4.69, 9.17) is 10.5 Å². The van der Waals surface area contributed by atoms with Crippen molar-refractivity contribution in [1.82, 2.24) is 0 Å². The summed E-state index contributed by atoms with van der Waals surface area (Å²) >= 11 is 3.45. The summed E-state index contributed by atoms with van der Waals surface area (Å²) in [6.07, 6.45) is 1.87. The van der Waals surface area contributed by atoms with Gasteiger partial charge in [0.15, 0.2) is 0 Å². The molecular formula is C14H21BrN2O. The fourth-order valence-electron chi connectivity index (χ4n) is 2.65. The number of nitrogens with one attached hydrogen (secondary N) is 1. The quantitative estimate of drug-likeness (QED) is 0.901. The first kappa shape index (κ1) is 13.8. The molecule has 0 bridgehead atoms. The molecule has 4 heteroatoms. The van der Waals surface area contributed by atoms with E-state index in [1.807, 2.05) is 12.1 Å². The Balaban J connectivity index is 2.15. The first-order valence-corrected chi connectivity index (χ1v) is 7.12. The van der Waals surface area contributed by atoms with Crippen LogP contribution in [-0.2, 0) is 4.74 Å². The van der Waals surface area contributed by atoms with Crippen LogP contribution in [0.4, 0.5) is 5.69 Å². The van der Waals surface area contributed by atoms with Crippen molar-refractivity contribution in [1.29, 1.82) is 0 Å². The third-order valence-corrected chi connectivity index (χ3v) is 4.01. The largest absolute Gasteiger partial charge is 0.378 e. The van der Waals surface area contributed by atoms with E-state index in [9.17, 15) is 0 Å². The highest BCUT2D eigenvalue weighted by Gasteiger charge is 2.39. The number of benzene rings is 1. The maximum Gasteiger partial charge on any atom is 0.0649 e. The third-order valence-electron chi connectivity index (χ3n) is 3.48. The van der Waals surface area contributed by atoms with Crippen molar-refractivity contribution in [2.75, 3.05) is 18.5 Å². The van der Waals surface area contributed by atoms with E-state index >= 15 is 0 Å². The summed E-state index contributed by atoms with van der Waals surface area (Å²) in [7, 11) is 0. The molecule has 3 N–H and O–H groups in total. The Morgan fingerprint density at radius 1 is 1.33 bits per heavy atom. The Kier molecular flexibility index (Phi) is 3.99. The summed E-state index contributed by atoms with van der Waals surface area (Å²) in [5, 5.41) is 3.60. The highest BCUT2D eigenvalue weighted by atomic mass is 79.9. The van der Waals surface area contributed by atoms with Crippen molar-refractivity contribution in [3.63, 3.8) is 0 Å². The van der Waals surface area contributed by atoms with Gasteiger partial charge < -0.3 is 15.8 Å². The highest BCUT2D eigenvalue weighted by Crippen LogP contribution is 2.34. The van der Waals surface area contributed by atoms with E-state index in [1.165, 1.54) is 0 Å². The van der Waals surface area contributed by atoms with Crippen molar-refractivity contribution in [3.05, 3.63) is 28.7 Å². The molecule has 100 valence electrons. The smallest absolute Gasteiger partial charge is 0.0649 e. The molecule has 0 saturated carbocycles. The SMILES string of the molecule is CC1(C)CC(CN)(Nc2ccc(Br)cc2)CCO1. The normalized spacial score (nSPS) is 26.9. The van der Waals surface area contributed by atoms with Gasteiger partial charge in [0.1, 0.15) is 0 Å². The first-order valence-electron chi connectivity index (χ1n) is 6.33. The van der Waals surface area contributed by atoms with E-state index < -0.39 is 0 Å². The number of ether oxygens (including phenoxy) is 1. The topological polar surface area (TPSA) is 47.3 Å². The van der Waals surface area contributed by atoms with Gasteiger partial charge in [0.05, 0.1) is 11.1 Å². The zero-order valence-electron chi connectivity index (χ0n) is 11.0. The molecule has 0 radical (unpaired) electrons. The molecule has 0 aliphatic carbocycles. The van der Waals surface area contributed by atoms with Gasteiger partial charge in [-0.2, -0.15) is 0 Å². The molecule has 1 atom stereocenters. The summed E-state index contributed by atoms with van der Waals surface area (Å²) in [5.74, 6) is 0. The van der Waals surface area contributed by atoms with Crippen molar-refractivity contribution >= 4 is 21.6 Å². The van der Waals surface area contributed by atoms with Gasteiger partial charge in [0, 0.05) is 29.7 Å². The maximum atomic E-state index is 6.01. The minimum atomic E-state index is -0.111. The Bertz CT molecular complexity index is 405. The summed E-state index contributed by atoms with van der Waals surface area (Å²) in [6.45, 7) is 5.63. The van der Waals surface area contributed by atoms with Crippen LogP contribution in [0.25, 0.3) is 0 Å². The van der Waals surface area contributed by atoms with Crippen LogP contribution in [0.5, 0.6) is 0 Å².